The maximum atomic E-state index is 3.49. The largest absolute Gasteiger partial charge is 0.309 e. The maximum absolute atomic E-state index is 3.49. The van der Waals surface area contributed by atoms with E-state index in [1.807, 2.05) is 11.3 Å². The second-order valence-electron chi connectivity index (χ2n) is 10.3. The van der Waals surface area contributed by atoms with Crippen LogP contribution in [0.4, 0.5) is 0 Å². The summed E-state index contributed by atoms with van der Waals surface area (Å²) >= 11 is 1.83. The Bertz CT molecular complexity index is 2310. The van der Waals surface area contributed by atoms with Crippen LogP contribution in [0.3, 0.4) is 0 Å². The summed E-state index contributed by atoms with van der Waals surface area (Å²) in [4.78, 5) is 1.24. The summed E-state index contributed by atoms with van der Waals surface area (Å²) in [5, 5.41) is 6.37. The third-order valence-electron chi connectivity index (χ3n) is 8.15. The van der Waals surface area contributed by atoms with Crippen molar-refractivity contribution in [2.24, 2.45) is 0 Å². The number of nitrogens with zero attached hydrogens (tertiary/aromatic N) is 2. The molecule has 0 atom stereocenters. The molecule has 0 spiro atoms. The highest BCUT2D eigenvalue weighted by Gasteiger charge is 2.17. The molecular formula is C37H22N2S. The predicted molar refractivity (Wildman–Crippen MR) is 172 cm³/mol. The van der Waals surface area contributed by atoms with Crippen LogP contribution in [-0.2, 0) is 0 Å². The number of hydrogen-bond acceptors (Lipinski definition) is 1. The average Bonchev–Trinajstić information content (AvgIpc) is 3.59. The summed E-state index contributed by atoms with van der Waals surface area (Å²) in [6.07, 6.45) is 6.60. The fourth-order valence-corrected chi connectivity index (χ4v) is 7.50. The van der Waals surface area contributed by atoms with Gasteiger partial charge in [-0.3, -0.25) is 0 Å². The Kier molecular flexibility index (Phi) is 4.48. The first-order valence-corrected chi connectivity index (χ1v) is 14.3. The molecular weight excluding hydrogens is 504 g/mol. The van der Waals surface area contributed by atoms with Crippen molar-refractivity contribution >= 4 is 82.9 Å². The summed E-state index contributed by atoms with van der Waals surface area (Å²) < 4.78 is 6.06. The molecule has 0 unspecified atom stereocenters. The van der Waals surface area contributed by atoms with Crippen molar-refractivity contribution in [3.8, 4) is 5.69 Å². The molecule has 0 saturated heterocycles. The van der Waals surface area contributed by atoms with Crippen LogP contribution in [0.5, 0.6) is 0 Å². The first-order valence-electron chi connectivity index (χ1n) is 13.5. The van der Waals surface area contributed by atoms with E-state index in [0.717, 1.165) is 5.70 Å². The minimum Gasteiger partial charge on any atom is -0.309 e. The molecule has 3 aromatic heterocycles. The van der Waals surface area contributed by atoms with Gasteiger partial charge < -0.3 is 9.13 Å². The third kappa shape index (κ3) is 2.99. The van der Waals surface area contributed by atoms with Crippen molar-refractivity contribution in [3.63, 3.8) is 0 Å². The van der Waals surface area contributed by atoms with Crippen LogP contribution in [-0.4, -0.2) is 9.13 Å². The molecule has 0 radical (unpaired) electrons. The smallest absolute Gasteiger partial charge is 0.0545 e. The first-order chi connectivity index (χ1) is 19.8. The van der Waals surface area contributed by atoms with Crippen molar-refractivity contribution in [3.05, 3.63) is 138 Å². The zero-order valence-electron chi connectivity index (χ0n) is 21.5. The Morgan fingerprint density at radius 3 is 1.60 bits per heavy atom. The predicted octanol–water partition coefficient (Wildman–Crippen LogP) is 10.3. The highest BCUT2D eigenvalue weighted by atomic mass is 32.1. The molecule has 40 heavy (non-hydrogen) atoms. The van der Waals surface area contributed by atoms with Crippen LogP contribution in [0.2, 0.25) is 0 Å². The Balaban J connectivity index is 1.31. The van der Waals surface area contributed by atoms with Gasteiger partial charge in [0, 0.05) is 53.8 Å². The van der Waals surface area contributed by atoms with Crippen molar-refractivity contribution in [2.75, 3.05) is 0 Å². The Morgan fingerprint density at radius 1 is 0.500 bits per heavy atom. The van der Waals surface area contributed by atoms with E-state index in [4.69, 9.17) is 0 Å². The van der Waals surface area contributed by atoms with Crippen LogP contribution in [0, 0.1) is 0 Å². The average molecular weight is 527 g/mol. The molecule has 5 aromatic carbocycles. The molecule has 0 aliphatic heterocycles. The number of benzene rings is 5. The Labute approximate surface area is 234 Å². The number of aromatic nitrogens is 2. The standard InChI is InChI=1S/C37H22N2S/c1-5-15-32-26(11-1)27-12-2-6-16-33(27)38(32)24-10-9-19-36-30(22-24)31-23-25(20-21-37(31)40-36)39-34-17-7-3-13-28(34)29-14-4-8-18-35(29)39/h1-8,10-23H. The number of rotatable bonds is 2. The minimum atomic E-state index is 1.12. The number of fused-ring (bicyclic) bond motifs is 9. The molecule has 9 rings (SSSR count). The number of thiophene rings is 1. The van der Waals surface area contributed by atoms with Gasteiger partial charge in [0.25, 0.3) is 0 Å². The van der Waals surface area contributed by atoms with Crippen LogP contribution in [0.1, 0.15) is 10.4 Å². The monoisotopic (exact) mass is 526 g/mol. The number of allylic oxidation sites excluding steroid dienone is 2. The SMILES string of the molecule is C1=CC(n2c3ccccc3c3ccccc32)=Cc2c(sc3ccc(-n4c5ccccc5c5ccccc54)cc23)C=1. The molecule has 0 bridgehead atoms. The van der Waals surface area contributed by atoms with Gasteiger partial charge in [-0.25, -0.2) is 0 Å². The molecule has 3 heterocycles. The fraction of sp³-hybridized carbons (Fsp3) is 0. The Hall–Kier alpha value is -5.08. The molecule has 0 fully saturated rings. The molecule has 0 amide bonds. The van der Waals surface area contributed by atoms with Crippen LogP contribution >= 0.6 is 11.3 Å². The maximum Gasteiger partial charge on any atom is 0.0545 e. The van der Waals surface area contributed by atoms with Gasteiger partial charge in [0.2, 0.25) is 0 Å². The van der Waals surface area contributed by atoms with E-state index in [2.05, 4.69) is 148 Å². The van der Waals surface area contributed by atoms with E-state index in [-0.39, 0.29) is 0 Å². The summed E-state index contributed by atoms with van der Waals surface area (Å²) in [6.45, 7) is 0. The molecule has 1 aliphatic carbocycles. The molecule has 3 heteroatoms. The molecule has 0 saturated carbocycles. The number of hydrogen-bond donors (Lipinski definition) is 0. The van der Waals surface area contributed by atoms with Crippen LogP contribution < -0.4 is 0 Å². The van der Waals surface area contributed by atoms with Gasteiger partial charge in [-0.05, 0) is 54.6 Å². The molecule has 2 nitrogen and oxygen atoms in total. The highest BCUT2D eigenvalue weighted by Crippen LogP contribution is 2.40. The first kappa shape index (κ1) is 21.8. The van der Waals surface area contributed by atoms with Crippen molar-refractivity contribution < 1.29 is 0 Å². The molecule has 8 aromatic rings. The topological polar surface area (TPSA) is 9.86 Å². The van der Waals surface area contributed by atoms with Gasteiger partial charge in [0.05, 0.1) is 27.8 Å². The van der Waals surface area contributed by atoms with Crippen LogP contribution in [0.25, 0.3) is 77.2 Å². The lowest BCUT2D eigenvalue weighted by Crippen LogP contribution is -1.95. The Morgan fingerprint density at radius 2 is 1.02 bits per heavy atom. The van der Waals surface area contributed by atoms with E-state index in [0.29, 0.717) is 0 Å². The van der Waals surface area contributed by atoms with E-state index in [1.54, 1.807) is 0 Å². The van der Waals surface area contributed by atoms with Gasteiger partial charge in [-0.2, -0.15) is 0 Å². The van der Waals surface area contributed by atoms with Gasteiger partial charge in [-0.15, -0.1) is 17.1 Å². The number of para-hydroxylation sites is 4. The minimum absolute atomic E-state index is 1.12. The van der Waals surface area contributed by atoms with Gasteiger partial charge >= 0.3 is 0 Å². The third-order valence-corrected chi connectivity index (χ3v) is 9.29. The summed E-state index contributed by atoms with van der Waals surface area (Å²) in [5.74, 6) is 0. The quantitative estimate of drug-likeness (QED) is 0.198. The summed E-state index contributed by atoms with van der Waals surface area (Å²) in [5.41, 5.74) is 11.9. The van der Waals surface area contributed by atoms with E-state index in [9.17, 15) is 0 Å². The highest BCUT2D eigenvalue weighted by molar-refractivity contribution is 7.20. The lowest BCUT2D eigenvalue weighted by Gasteiger charge is -2.10. The second-order valence-corrected chi connectivity index (χ2v) is 11.4. The molecule has 1 aliphatic rings. The van der Waals surface area contributed by atoms with Gasteiger partial charge in [0.1, 0.15) is 0 Å². The van der Waals surface area contributed by atoms with E-state index >= 15 is 0 Å². The van der Waals surface area contributed by atoms with E-state index < -0.39 is 0 Å². The zero-order valence-corrected chi connectivity index (χ0v) is 22.3. The second kappa shape index (κ2) is 8.21. The zero-order chi connectivity index (χ0) is 26.2. The fourth-order valence-electron chi connectivity index (χ4n) is 6.44. The van der Waals surface area contributed by atoms with Crippen molar-refractivity contribution in [1.29, 1.82) is 0 Å². The van der Waals surface area contributed by atoms with E-state index in [1.165, 1.54) is 69.8 Å². The molecule has 186 valence electrons. The lowest BCUT2D eigenvalue weighted by atomic mass is 10.1. The molecule has 0 N–H and O–H groups in total. The summed E-state index contributed by atoms with van der Waals surface area (Å²) in [7, 11) is 0. The van der Waals surface area contributed by atoms with Crippen LogP contribution in [0.15, 0.2) is 127 Å². The lowest BCUT2D eigenvalue weighted by molar-refractivity contribution is 1.19. The van der Waals surface area contributed by atoms with Gasteiger partial charge in [0.15, 0.2) is 0 Å². The van der Waals surface area contributed by atoms with Gasteiger partial charge in [-0.1, -0.05) is 72.8 Å². The van der Waals surface area contributed by atoms with Crippen molar-refractivity contribution in [1.82, 2.24) is 9.13 Å². The van der Waals surface area contributed by atoms with Crippen molar-refractivity contribution in [2.45, 2.75) is 0 Å². The summed E-state index contributed by atoms with van der Waals surface area (Å²) in [6, 6.07) is 41.7. The normalized spacial score (nSPS) is 13.1.